The summed E-state index contributed by atoms with van der Waals surface area (Å²) >= 11 is 0. The molecule has 70 valence electrons. The van der Waals surface area contributed by atoms with Crippen molar-refractivity contribution in [1.29, 1.82) is 0 Å². The number of aliphatic carboxylic acids is 1. The first-order valence-electron chi connectivity index (χ1n) is 4.44. The molecular weight excluding hydrogens is 154 g/mol. The standard InChI is InChI=1S/C9H17NO2/c1-6-4-9(10-3,8(11)12)5-7(6)2/h6-7,10H,4-5H2,1-3H3,(H,11,12). The highest BCUT2D eigenvalue weighted by Gasteiger charge is 2.46. The van der Waals surface area contributed by atoms with Gasteiger partial charge in [0.2, 0.25) is 0 Å². The lowest BCUT2D eigenvalue weighted by Crippen LogP contribution is -2.48. The highest BCUT2D eigenvalue weighted by atomic mass is 16.4. The molecule has 1 aliphatic rings. The summed E-state index contributed by atoms with van der Waals surface area (Å²) in [5.41, 5.74) is -0.654. The van der Waals surface area contributed by atoms with E-state index in [2.05, 4.69) is 19.2 Å². The van der Waals surface area contributed by atoms with Gasteiger partial charge >= 0.3 is 5.97 Å². The highest BCUT2D eigenvalue weighted by molar-refractivity contribution is 5.79. The van der Waals surface area contributed by atoms with Crippen molar-refractivity contribution in [3.63, 3.8) is 0 Å². The summed E-state index contributed by atoms with van der Waals surface area (Å²) in [6.45, 7) is 4.24. The Morgan fingerprint density at radius 2 is 1.83 bits per heavy atom. The van der Waals surface area contributed by atoms with E-state index in [4.69, 9.17) is 5.11 Å². The van der Waals surface area contributed by atoms with Gasteiger partial charge in [-0.15, -0.1) is 0 Å². The van der Waals surface area contributed by atoms with Crippen LogP contribution in [0.25, 0.3) is 0 Å². The van der Waals surface area contributed by atoms with Crippen LogP contribution in [0.15, 0.2) is 0 Å². The molecule has 2 atom stereocenters. The molecule has 0 bridgehead atoms. The number of rotatable bonds is 2. The molecule has 0 aromatic carbocycles. The summed E-state index contributed by atoms with van der Waals surface area (Å²) in [6.07, 6.45) is 1.50. The van der Waals surface area contributed by atoms with Gasteiger partial charge in [0.1, 0.15) is 5.54 Å². The second-order valence-corrected chi connectivity index (χ2v) is 4.00. The van der Waals surface area contributed by atoms with Crippen LogP contribution >= 0.6 is 0 Å². The third-order valence-corrected chi connectivity index (χ3v) is 3.20. The largest absolute Gasteiger partial charge is 0.480 e. The average Bonchev–Trinajstić information content (AvgIpc) is 2.29. The first kappa shape index (κ1) is 9.52. The van der Waals surface area contributed by atoms with Crippen LogP contribution in [0, 0.1) is 11.8 Å². The van der Waals surface area contributed by atoms with E-state index < -0.39 is 11.5 Å². The molecule has 0 saturated heterocycles. The van der Waals surface area contributed by atoms with Crippen molar-refractivity contribution in [2.24, 2.45) is 11.8 Å². The van der Waals surface area contributed by atoms with E-state index in [-0.39, 0.29) is 0 Å². The molecule has 0 aromatic rings. The SMILES string of the molecule is CNC1(C(=O)O)CC(C)C(C)C1. The second-order valence-electron chi connectivity index (χ2n) is 4.00. The number of carboxylic acid groups (broad SMARTS) is 1. The van der Waals surface area contributed by atoms with Crippen molar-refractivity contribution >= 4 is 5.97 Å². The van der Waals surface area contributed by atoms with Gasteiger partial charge in [0.15, 0.2) is 0 Å². The van der Waals surface area contributed by atoms with Crippen molar-refractivity contribution in [3.8, 4) is 0 Å². The first-order valence-corrected chi connectivity index (χ1v) is 4.44. The summed E-state index contributed by atoms with van der Waals surface area (Å²) < 4.78 is 0. The van der Waals surface area contributed by atoms with E-state index in [1.807, 2.05) is 0 Å². The Labute approximate surface area is 73.2 Å². The molecule has 1 saturated carbocycles. The molecule has 12 heavy (non-hydrogen) atoms. The van der Waals surface area contributed by atoms with Gasteiger partial charge in [-0.25, -0.2) is 0 Å². The maximum atomic E-state index is 11.0. The van der Waals surface area contributed by atoms with E-state index in [1.54, 1.807) is 7.05 Å². The molecule has 0 spiro atoms. The summed E-state index contributed by atoms with van der Waals surface area (Å²) in [7, 11) is 1.74. The van der Waals surface area contributed by atoms with Crippen LogP contribution in [-0.4, -0.2) is 23.7 Å². The number of likely N-dealkylation sites (N-methyl/N-ethyl adjacent to an activating group) is 1. The predicted octanol–water partition coefficient (Wildman–Crippen LogP) is 1.10. The molecule has 0 aromatic heterocycles. The van der Waals surface area contributed by atoms with Crippen LogP contribution in [0.3, 0.4) is 0 Å². The van der Waals surface area contributed by atoms with Gasteiger partial charge in [-0.2, -0.15) is 0 Å². The fraction of sp³-hybridized carbons (Fsp3) is 0.889. The van der Waals surface area contributed by atoms with Gasteiger partial charge in [-0.3, -0.25) is 4.79 Å². The Hall–Kier alpha value is -0.570. The van der Waals surface area contributed by atoms with Crippen LogP contribution in [0.4, 0.5) is 0 Å². The highest BCUT2D eigenvalue weighted by Crippen LogP contribution is 2.38. The van der Waals surface area contributed by atoms with Crippen molar-refractivity contribution in [3.05, 3.63) is 0 Å². The minimum Gasteiger partial charge on any atom is -0.480 e. The van der Waals surface area contributed by atoms with E-state index in [0.29, 0.717) is 11.8 Å². The van der Waals surface area contributed by atoms with E-state index in [1.165, 1.54) is 0 Å². The third kappa shape index (κ3) is 1.33. The number of carbonyl (C=O) groups is 1. The molecule has 0 radical (unpaired) electrons. The lowest BCUT2D eigenvalue weighted by atomic mass is 9.97. The first-order chi connectivity index (χ1) is 5.52. The molecule has 0 aliphatic heterocycles. The second kappa shape index (κ2) is 3.05. The zero-order valence-electron chi connectivity index (χ0n) is 7.92. The topological polar surface area (TPSA) is 49.3 Å². The van der Waals surface area contributed by atoms with E-state index in [0.717, 1.165) is 12.8 Å². The molecule has 3 nitrogen and oxygen atoms in total. The number of carboxylic acids is 1. The molecule has 1 rings (SSSR count). The van der Waals surface area contributed by atoms with Gasteiger partial charge in [0.25, 0.3) is 0 Å². The van der Waals surface area contributed by atoms with Crippen LogP contribution in [0.1, 0.15) is 26.7 Å². The molecule has 2 unspecified atom stereocenters. The zero-order valence-corrected chi connectivity index (χ0v) is 7.92. The average molecular weight is 171 g/mol. The monoisotopic (exact) mass is 171 g/mol. The normalized spacial score (nSPS) is 41.6. The quantitative estimate of drug-likeness (QED) is 0.654. The van der Waals surface area contributed by atoms with Gasteiger partial charge in [0.05, 0.1) is 0 Å². The summed E-state index contributed by atoms with van der Waals surface area (Å²) in [5.74, 6) is 0.309. The van der Waals surface area contributed by atoms with Gasteiger partial charge in [0, 0.05) is 0 Å². The number of nitrogens with one attached hydrogen (secondary N) is 1. The number of hydrogen-bond donors (Lipinski definition) is 2. The summed E-state index contributed by atoms with van der Waals surface area (Å²) in [4.78, 5) is 11.0. The number of hydrogen-bond acceptors (Lipinski definition) is 2. The Balaban J connectivity index is 2.78. The molecule has 0 amide bonds. The Morgan fingerprint density at radius 3 is 2.00 bits per heavy atom. The van der Waals surface area contributed by atoms with Crippen LogP contribution in [0.5, 0.6) is 0 Å². The van der Waals surface area contributed by atoms with Gasteiger partial charge in [-0.05, 0) is 31.7 Å². The zero-order chi connectivity index (χ0) is 9.35. The molecule has 1 aliphatic carbocycles. The molecule has 0 heterocycles. The van der Waals surface area contributed by atoms with Crippen molar-refractivity contribution in [2.75, 3.05) is 7.05 Å². The predicted molar refractivity (Wildman–Crippen MR) is 47.0 cm³/mol. The van der Waals surface area contributed by atoms with Crippen molar-refractivity contribution < 1.29 is 9.90 Å². The minimum absolute atomic E-state index is 0.508. The maximum absolute atomic E-state index is 11.0. The summed E-state index contributed by atoms with van der Waals surface area (Å²) in [6, 6.07) is 0. The Kier molecular flexibility index (Phi) is 2.42. The fourth-order valence-electron chi connectivity index (χ4n) is 2.07. The van der Waals surface area contributed by atoms with Crippen molar-refractivity contribution in [2.45, 2.75) is 32.2 Å². The van der Waals surface area contributed by atoms with E-state index in [9.17, 15) is 4.79 Å². The van der Waals surface area contributed by atoms with Gasteiger partial charge in [-0.1, -0.05) is 13.8 Å². The Bertz CT molecular complexity index is 181. The smallest absolute Gasteiger partial charge is 0.323 e. The van der Waals surface area contributed by atoms with Gasteiger partial charge < -0.3 is 10.4 Å². The third-order valence-electron chi connectivity index (χ3n) is 3.20. The van der Waals surface area contributed by atoms with Crippen LogP contribution < -0.4 is 5.32 Å². The van der Waals surface area contributed by atoms with E-state index >= 15 is 0 Å². The molecule has 3 heteroatoms. The molecule has 1 fully saturated rings. The molecule has 2 N–H and O–H groups in total. The van der Waals surface area contributed by atoms with Crippen LogP contribution in [-0.2, 0) is 4.79 Å². The fourth-order valence-corrected chi connectivity index (χ4v) is 2.07. The summed E-state index contributed by atoms with van der Waals surface area (Å²) in [5, 5.41) is 12.0. The minimum atomic E-state index is -0.707. The lowest BCUT2D eigenvalue weighted by Gasteiger charge is -2.23. The maximum Gasteiger partial charge on any atom is 0.323 e. The Morgan fingerprint density at radius 1 is 1.42 bits per heavy atom. The molecular formula is C9H17NO2. The van der Waals surface area contributed by atoms with Crippen LogP contribution in [0.2, 0.25) is 0 Å². The van der Waals surface area contributed by atoms with Crippen molar-refractivity contribution in [1.82, 2.24) is 5.32 Å². The lowest BCUT2D eigenvalue weighted by molar-refractivity contribution is -0.144.